The molecule has 7 heteroatoms. The summed E-state index contributed by atoms with van der Waals surface area (Å²) in [6, 6.07) is 1.00. The average molecular weight is 281 g/mol. The SMILES string of the molecule is CCn1cc([N+](=O)[O-])cc1C(=O)N[C@@H]1CCCC[C@H]1O. The van der Waals surface area contributed by atoms with Gasteiger partial charge in [-0.15, -0.1) is 0 Å². The predicted octanol–water partition coefficient (Wildman–Crippen LogP) is 1.45. The number of aliphatic hydroxyl groups is 1. The maximum Gasteiger partial charge on any atom is 0.287 e. The first-order chi connectivity index (χ1) is 9.52. The molecule has 0 saturated heterocycles. The first-order valence-electron chi connectivity index (χ1n) is 6.86. The van der Waals surface area contributed by atoms with Gasteiger partial charge in [0.2, 0.25) is 0 Å². The van der Waals surface area contributed by atoms with Crippen LogP contribution in [0.2, 0.25) is 0 Å². The van der Waals surface area contributed by atoms with Gasteiger partial charge in [0.1, 0.15) is 5.69 Å². The van der Waals surface area contributed by atoms with Gasteiger partial charge in [0.05, 0.1) is 23.3 Å². The molecular weight excluding hydrogens is 262 g/mol. The summed E-state index contributed by atoms with van der Waals surface area (Å²) in [6.07, 6.45) is 4.17. The Morgan fingerprint density at radius 3 is 2.85 bits per heavy atom. The molecule has 1 saturated carbocycles. The summed E-state index contributed by atoms with van der Waals surface area (Å²) in [6.45, 7) is 2.29. The quantitative estimate of drug-likeness (QED) is 0.644. The number of aliphatic hydroxyl groups excluding tert-OH is 1. The monoisotopic (exact) mass is 281 g/mol. The number of aromatic nitrogens is 1. The lowest BCUT2D eigenvalue weighted by molar-refractivity contribution is -0.384. The number of nitro groups is 1. The third kappa shape index (κ3) is 2.98. The number of amides is 1. The zero-order valence-corrected chi connectivity index (χ0v) is 11.4. The molecule has 20 heavy (non-hydrogen) atoms. The Labute approximate surface area is 116 Å². The topological polar surface area (TPSA) is 97.4 Å². The highest BCUT2D eigenvalue weighted by atomic mass is 16.6. The Balaban J connectivity index is 2.13. The van der Waals surface area contributed by atoms with Crippen molar-refractivity contribution >= 4 is 11.6 Å². The van der Waals surface area contributed by atoms with Crippen LogP contribution in [0.25, 0.3) is 0 Å². The van der Waals surface area contributed by atoms with E-state index >= 15 is 0 Å². The molecule has 1 aliphatic carbocycles. The second-order valence-electron chi connectivity index (χ2n) is 5.06. The third-order valence-corrected chi connectivity index (χ3v) is 3.71. The highest BCUT2D eigenvalue weighted by molar-refractivity contribution is 5.93. The van der Waals surface area contributed by atoms with Crippen molar-refractivity contribution in [3.05, 3.63) is 28.1 Å². The van der Waals surface area contributed by atoms with Crippen LogP contribution < -0.4 is 5.32 Å². The van der Waals surface area contributed by atoms with Gasteiger partial charge in [-0.2, -0.15) is 0 Å². The molecule has 1 aromatic heterocycles. The van der Waals surface area contributed by atoms with Gasteiger partial charge in [0.25, 0.3) is 11.6 Å². The highest BCUT2D eigenvalue weighted by Crippen LogP contribution is 2.20. The number of nitrogens with one attached hydrogen (secondary N) is 1. The van der Waals surface area contributed by atoms with Gasteiger partial charge in [0, 0.05) is 12.6 Å². The maximum atomic E-state index is 12.2. The van der Waals surface area contributed by atoms with E-state index in [1.165, 1.54) is 12.3 Å². The summed E-state index contributed by atoms with van der Waals surface area (Å²) in [5, 5.41) is 23.4. The Hall–Kier alpha value is -1.89. The molecule has 110 valence electrons. The van der Waals surface area contributed by atoms with Crippen LogP contribution in [0.1, 0.15) is 43.1 Å². The van der Waals surface area contributed by atoms with E-state index < -0.39 is 11.0 Å². The van der Waals surface area contributed by atoms with Gasteiger partial charge in [-0.25, -0.2) is 0 Å². The summed E-state index contributed by atoms with van der Waals surface area (Å²) in [5.41, 5.74) is 0.165. The van der Waals surface area contributed by atoms with Crippen LogP contribution in [0, 0.1) is 10.1 Å². The van der Waals surface area contributed by atoms with Crippen molar-refractivity contribution in [2.45, 2.75) is 51.3 Å². The average Bonchev–Trinajstić information content (AvgIpc) is 2.85. The van der Waals surface area contributed by atoms with Crippen molar-refractivity contribution in [1.29, 1.82) is 0 Å². The molecule has 1 heterocycles. The van der Waals surface area contributed by atoms with E-state index in [9.17, 15) is 20.0 Å². The first kappa shape index (κ1) is 14.5. The molecule has 2 N–H and O–H groups in total. The smallest absolute Gasteiger partial charge is 0.287 e. The molecule has 0 spiro atoms. The molecule has 1 amide bonds. The maximum absolute atomic E-state index is 12.2. The highest BCUT2D eigenvalue weighted by Gasteiger charge is 2.26. The van der Waals surface area contributed by atoms with Crippen molar-refractivity contribution in [3.8, 4) is 0 Å². The standard InChI is InChI=1S/C13H19N3O4/c1-2-15-8-9(16(19)20)7-11(15)13(18)14-10-5-3-4-6-12(10)17/h7-8,10,12,17H,2-6H2,1H3,(H,14,18)/t10-,12-/m1/s1. The van der Waals surface area contributed by atoms with Crippen LogP contribution in [0.3, 0.4) is 0 Å². The molecule has 2 atom stereocenters. The van der Waals surface area contributed by atoms with Gasteiger partial charge in [0.15, 0.2) is 0 Å². The number of hydrogen-bond donors (Lipinski definition) is 2. The van der Waals surface area contributed by atoms with Gasteiger partial charge in [-0.1, -0.05) is 12.8 Å². The van der Waals surface area contributed by atoms with Crippen LogP contribution in [0.15, 0.2) is 12.3 Å². The van der Waals surface area contributed by atoms with E-state index in [-0.39, 0.29) is 23.3 Å². The van der Waals surface area contributed by atoms with Crippen LogP contribution in [0.4, 0.5) is 5.69 Å². The first-order valence-corrected chi connectivity index (χ1v) is 6.86. The second-order valence-corrected chi connectivity index (χ2v) is 5.06. The van der Waals surface area contributed by atoms with Gasteiger partial charge >= 0.3 is 0 Å². The number of carbonyl (C=O) groups is 1. The molecule has 0 aromatic carbocycles. The fourth-order valence-corrected chi connectivity index (χ4v) is 2.57. The van der Waals surface area contributed by atoms with Crippen LogP contribution in [-0.2, 0) is 6.54 Å². The Kier molecular flexibility index (Phi) is 4.39. The summed E-state index contributed by atoms with van der Waals surface area (Å²) >= 11 is 0. The van der Waals surface area contributed by atoms with E-state index in [4.69, 9.17) is 0 Å². The van der Waals surface area contributed by atoms with Crippen LogP contribution in [-0.4, -0.2) is 32.6 Å². The van der Waals surface area contributed by atoms with E-state index in [0.29, 0.717) is 13.0 Å². The van der Waals surface area contributed by atoms with E-state index in [1.807, 2.05) is 6.92 Å². The van der Waals surface area contributed by atoms with Crippen molar-refractivity contribution in [2.75, 3.05) is 0 Å². The Bertz CT molecular complexity index is 512. The molecule has 1 aromatic rings. The Morgan fingerprint density at radius 1 is 1.55 bits per heavy atom. The Morgan fingerprint density at radius 2 is 2.25 bits per heavy atom. The number of nitrogens with zero attached hydrogens (tertiary/aromatic N) is 2. The third-order valence-electron chi connectivity index (χ3n) is 3.71. The summed E-state index contributed by atoms with van der Waals surface area (Å²) < 4.78 is 1.54. The molecule has 0 aliphatic heterocycles. The zero-order chi connectivity index (χ0) is 14.7. The minimum absolute atomic E-state index is 0.0961. The van der Waals surface area contributed by atoms with Gasteiger partial charge in [-0.3, -0.25) is 14.9 Å². The van der Waals surface area contributed by atoms with Crippen molar-refractivity contribution in [3.63, 3.8) is 0 Å². The largest absolute Gasteiger partial charge is 0.391 e. The van der Waals surface area contributed by atoms with E-state index in [0.717, 1.165) is 19.3 Å². The summed E-state index contributed by atoms with van der Waals surface area (Å²) in [7, 11) is 0. The number of rotatable bonds is 4. The molecule has 1 fully saturated rings. The predicted molar refractivity (Wildman–Crippen MR) is 72.5 cm³/mol. The van der Waals surface area contributed by atoms with Crippen LogP contribution >= 0.6 is 0 Å². The van der Waals surface area contributed by atoms with Gasteiger partial charge in [-0.05, 0) is 19.8 Å². The molecule has 1 aliphatic rings. The zero-order valence-electron chi connectivity index (χ0n) is 11.4. The lowest BCUT2D eigenvalue weighted by Crippen LogP contribution is -2.45. The molecular formula is C13H19N3O4. The molecule has 0 radical (unpaired) electrons. The second kappa shape index (κ2) is 6.04. The lowest BCUT2D eigenvalue weighted by Gasteiger charge is -2.28. The number of hydrogen-bond acceptors (Lipinski definition) is 4. The minimum Gasteiger partial charge on any atom is -0.391 e. The lowest BCUT2D eigenvalue weighted by atomic mass is 9.92. The van der Waals surface area contributed by atoms with Crippen molar-refractivity contribution in [1.82, 2.24) is 9.88 Å². The van der Waals surface area contributed by atoms with Crippen molar-refractivity contribution < 1.29 is 14.8 Å². The summed E-state index contributed by atoms with van der Waals surface area (Å²) in [4.78, 5) is 22.5. The fraction of sp³-hybridized carbons (Fsp3) is 0.615. The fourth-order valence-electron chi connectivity index (χ4n) is 2.57. The van der Waals surface area contributed by atoms with Gasteiger partial charge < -0.3 is 15.0 Å². The molecule has 0 unspecified atom stereocenters. The number of carbonyl (C=O) groups excluding carboxylic acids is 1. The van der Waals surface area contributed by atoms with Crippen LogP contribution in [0.5, 0.6) is 0 Å². The molecule has 0 bridgehead atoms. The minimum atomic E-state index is -0.535. The normalized spacial score (nSPS) is 22.5. The van der Waals surface area contributed by atoms with E-state index in [1.54, 1.807) is 4.57 Å². The van der Waals surface area contributed by atoms with Crippen molar-refractivity contribution in [2.24, 2.45) is 0 Å². The number of aryl methyl sites for hydroxylation is 1. The van der Waals surface area contributed by atoms with E-state index in [2.05, 4.69) is 5.32 Å². The molecule has 7 nitrogen and oxygen atoms in total. The summed E-state index contributed by atoms with van der Waals surface area (Å²) in [5.74, 6) is -0.370. The molecule has 2 rings (SSSR count).